The Kier molecular flexibility index (Phi) is 5.80. The van der Waals surface area contributed by atoms with Gasteiger partial charge in [-0.15, -0.1) is 0 Å². The molecular formula is C32H54O. The molecule has 0 N–H and O–H groups in total. The number of hydrogen-bond donors (Lipinski definition) is 0. The highest BCUT2D eigenvalue weighted by atomic mass is 16.5. The maximum absolute atomic E-state index is 5.68. The molecule has 0 aromatic heterocycles. The summed E-state index contributed by atoms with van der Waals surface area (Å²) >= 11 is 0. The fourth-order valence-electron chi connectivity index (χ4n) is 12.1. The molecule has 9 atom stereocenters. The van der Waals surface area contributed by atoms with E-state index in [0.29, 0.717) is 27.1 Å². The van der Waals surface area contributed by atoms with Gasteiger partial charge in [-0.25, -0.2) is 0 Å². The van der Waals surface area contributed by atoms with Gasteiger partial charge in [0.2, 0.25) is 0 Å². The lowest BCUT2D eigenvalue weighted by Crippen LogP contribution is -2.65. The molecule has 0 radical (unpaired) electrons. The Hall–Kier alpha value is -0.300. The minimum atomic E-state index is 0.491. The maximum Gasteiger partial charge on any atom is 0.0467 e. The molecule has 0 saturated heterocycles. The van der Waals surface area contributed by atoms with Gasteiger partial charge in [0, 0.05) is 13.7 Å². The monoisotopic (exact) mass is 454 g/mol. The van der Waals surface area contributed by atoms with Crippen molar-refractivity contribution in [2.75, 3.05) is 13.7 Å². The van der Waals surface area contributed by atoms with Crippen LogP contribution in [0.2, 0.25) is 0 Å². The van der Waals surface area contributed by atoms with E-state index in [-0.39, 0.29) is 0 Å². The zero-order valence-electron chi connectivity index (χ0n) is 23.2. The van der Waals surface area contributed by atoms with Crippen molar-refractivity contribution >= 4 is 0 Å². The predicted molar refractivity (Wildman–Crippen MR) is 140 cm³/mol. The lowest BCUT2D eigenvalue weighted by Gasteiger charge is -2.72. The summed E-state index contributed by atoms with van der Waals surface area (Å²) in [6.45, 7) is 21.4. The second kappa shape index (κ2) is 7.85. The number of rotatable bonds is 4. The summed E-state index contributed by atoms with van der Waals surface area (Å²) in [5, 5.41) is 0. The third-order valence-corrected chi connectivity index (χ3v) is 13.8. The number of hydrogen-bond acceptors (Lipinski definition) is 1. The number of fused-ring (bicyclic) bond motifs is 7. The summed E-state index contributed by atoms with van der Waals surface area (Å²) in [6, 6.07) is 0. The van der Waals surface area contributed by atoms with Gasteiger partial charge in [-0.2, -0.15) is 0 Å². The van der Waals surface area contributed by atoms with Crippen molar-refractivity contribution in [3.63, 3.8) is 0 Å². The highest BCUT2D eigenvalue weighted by Crippen LogP contribution is 2.77. The Bertz CT molecular complexity index is 781. The van der Waals surface area contributed by atoms with E-state index < -0.39 is 0 Å². The normalized spacial score (nSPS) is 52.9. The summed E-state index contributed by atoms with van der Waals surface area (Å²) in [6.07, 6.45) is 17.3. The van der Waals surface area contributed by atoms with Crippen LogP contribution < -0.4 is 0 Å². The van der Waals surface area contributed by atoms with E-state index in [0.717, 1.165) is 36.2 Å². The third-order valence-electron chi connectivity index (χ3n) is 13.8. The Morgan fingerprint density at radius 3 is 2.27 bits per heavy atom. The molecule has 5 aliphatic rings. The largest absolute Gasteiger partial charge is 0.385 e. The van der Waals surface area contributed by atoms with Crippen LogP contribution >= 0.6 is 0 Å². The smallest absolute Gasteiger partial charge is 0.0467 e. The summed E-state index contributed by atoms with van der Waals surface area (Å²) in [5.41, 5.74) is 4.07. The first kappa shape index (κ1) is 24.4. The lowest BCUT2D eigenvalue weighted by atomic mass is 9.32. The predicted octanol–water partition coefficient (Wildman–Crippen LogP) is 9.07. The van der Waals surface area contributed by atoms with E-state index >= 15 is 0 Å². The van der Waals surface area contributed by atoms with E-state index in [4.69, 9.17) is 4.74 Å². The molecule has 9 unspecified atom stereocenters. The van der Waals surface area contributed by atoms with Gasteiger partial charge in [-0.3, -0.25) is 0 Å². The molecule has 0 aliphatic heterocycles. The first-order chi connectivity index (χ1) is 15.5. The average molecular weight is 455 g/mol. The Labute approximate surface area is 205 Å². The first-order valence-corrected chi connectivity index (χ1v) is 14.6. The van der Waals surface area contributed by atoms with E-state index in [1.807, 2.05) is 7.11 Å². The number of methoxy groups -OCH3 is 1. The molecule has 0 amide bonds. The van der Waals surface area contributed by atoms with Gasteiger partial charge < -0.3 is 4.74 Å². The van der Waals surface area contributed by atoms with Crippen molar-refractivity contribution < 1.29 is 4.74 Å². The molecule has 5 aliphatic carbocycles. The van der Waals surface area contributed by atoms with Crippen LogP contribution in [-0.4, -0.2) is 13.7 Å². The van der Waals surface area contributed by atoms with Crippen molar-refractivity contribution in [2.45, 2.75) is 119 Å². The van der Waals surface area contributed by atoms with Crippen LogP contribution in [0.25, 0.3) is 0 Å². The molecule has 0 bridgehead atoms. The fraction of sp³-hybridized carbons (Fsp3) is 0.938. The first-order valence-electron chi connectivity index (χ1n) is 14.6. The number of ether oxygens (including phenoxy) is 1. The van der Waals surface area contributed by atoms with Crippen molar-refractivity contribution in [1.82, 2.24) is 0 Å². The zero-order chi connectivity index (χ0) is 23.9. The SMILES string of the molecule is C=C(C)C1CCC2(CCOC)CCC3(C)C(CCC4C5(C)CCCC(C)(C)C5CCC43C)C12. The van der Waals surface area contributed by atoms with Gasteiger partial charge in [0.25, 0.3) is 0 Å². The van der Waals surface area contributed by atoms with Crippen molar-refractivity contribution in [3.05, 3.63) is 12.2 Å². The number of allylic oxidation sites excluding steroid dienone is 1. The van der Waals surface area contributed by atoms with Crippen LogP contribution in [0.3, 0.4) is 0 Å². The molecule has 0 aromatic carbocycles. The zero-order valence-corrected chi connectivity index (χ0v) is 23.2. The average Bonchev–Trinajstić information content (AvgIpc) is 3.12. The minimum Gasteiger partial charge on any atom is -0.385 e. The molecule has 5 fully saturated rings. The lowest BCUT2D eigenvalue weighted by molar-refractivity contribution is -0.237. The summed E-state index contributed by atoms with van der Waals surface area (Å²) < 4.78 is 5.68. The second-order valence-electron chi connectivity index (χ2n) is 15.1. The van der Waals surface area contributed by atoms with Crippen molar-refractivity contribution in [1.29, 1.82) is 0 Å². The Morgan fingerprint density at radius 1 is 0.818 bits per heavy atom. The van der Waals surface area contributed by atoms with Crippen LogP contribution in [0.5, 0.6) is 0 Å². The van der Waals surface area contributed by atoms with Gasteiger partial charge in [-0.05, 0) is 134 Å². The Morgan fingerprint density at radius 2 is 1.58 bits per heavy atom. The minimum absolute atomic E-state index is 0.491. The van der Waals surface area contributed by atoms with Gasteiger partial charge >= 0.3 is 0 Å². The topological polar surface area (TPSA) is 9.23 Å². The maximum atomic E-state index is 5.68. The second-order valence-corrected chi connectivity index (χ2v) is 15.1. The molecule has 1 nitrogen and oxygen atoms in total. The molecule has 0 heterocycles. The van der Waals surface area contributed by atoms with Crippen LogP contribution in [-0.2, 0) is 4.74 Å². The van der Waals surface area contributed by atoms with Crippen LogP contribution in [0.1, 0.15) is 119 Å². The van der Waals surface area contributed by atoms with E-state index in [9.17, 15) is 0 Å². The van der Waals surface area contributed by atoms with E-state index in [1.54, 1.807) is 0 Å². The van der Waals surface area contributed by atoms with E-state index in [1.165, 1.54) is 82.6 Å². The van der Waals surface area contributed by atoms with Crippen molar-refractivity contribution in [3.8, 4) is 0 Å². The standard InChI is InChI=1S/C32H54O/c1-22(2)23-12-17-32(20-21-33-8)19-18-30(6)24(27(23)32)10-11-26-29(5)15-9-14-28(3,4)25(29)13-16-31(26,30)7/h23-27H,1,9-21H2,2-8H3. The molecule has 1 heteroatoms. The van der Waals surface area contributed by atoms with Crippen LogP contribution in [0.15, 0.2) is 12.2 Å². The summed E-state index contributed by atoms with van der Waals surface area (Å²) in [5.74, 6) is 4.31. The van der Waals surface area contributed by atoms with Gasteiger partial charge in [0.1, 0.15) is 0 Å². The Balaban J connectivity index is 1.53. The highest BCUT2D eigenvalue weighted by molar-refractivity contribution is 5.21. The van der Waals surface area contributed by atoms with Crippen LogP contribution in [0.4, 0.5) is 0 Å². The quantitative estimate of drug-likeness (QED) is 0.385. The molecule has 0 spiro atoms. The van der Waals surface area contributed by atoms with Gasteiger partial charge in [0.05, 0.1) is 0 Å². The summed E-state index contributed by atoms with van der Waals surface area (Å²) in [7, 11) is 1.90. The van der Waals surface area contributed by atoms with Crippen molar-refractivity contribution in [2.24, 2.45) is 56.7 Å². The third kappa shape index (κ3) is 3.18. The molecule has 5 saturated carbocycles. The molecule has 33 heavy (non-hydrogen) atoms. The van der Waals surface area contributed by atoms with Gasteiger partial charge in [0.15, 0.2) is 0 Å². The molecule has 0 aromatic rings. The van der Waals surface area contributed by atoms with Gasteiger partial charge in [-0.1, -0.05) is 53.2 Å². The summed E-state index contributed by atoms with van der Waals surface area (Å²) in [4.78, 5) is 0. The fourth-order valence-corrected chi connectivity index (χ4v) is 12.1. The molecule has 5 rings (SSSR count). The molecule has 188 valence electrons. The molecular weight excluding hydrogens is 400 g/mol. The van der Waals surface area contributed by atoms with Crippen LogP contribution in [0, 0.1) is 56.7 Å². The van der Waals surface area contributed by atoms with E-state index in [2.05, 4.69) is 48.1 Å². The highest BCUT2D eigenvalue weighted by Gasteiger charge is 2.70.